The van der Waals surface area contributed by atoms with Gasteiger partial charge in [0.15, 0.2) is 11.5 Å². The van der Waals surface area contributed by atoms with Crippen molar-refractivity contribution in [3.8, 4) is 11.5 Å². The minimum absolute atomic E-state index is 0.0571. The molecule has 0 aliphatic carbocycles. The fourth-order valence-corrected chi connectivity index (χ4v) is 3.68. The number of carbonyl (C=O) groups is 1. The van der Waals surface area contributed by atoms with E-state index >= 15 is 0 Å². The van der Waals surface area contributed by atoms with Crippen molar-refractivity contribution < 1.29 is 14.6 Å². The van der Waals surface area contributed by atoms with Crippen molar-refractivity contribution in [3.63, 3.8) is 0 Å². The topological polar surface area (TPSA) is 62.3 Å². The Morgan fingerprint density at radius 1 is 0.833 bits per heavy atom. The maximum absolute atomic E-state index is 13.0. The second-order valence-corrected chi connectivity index (χ2v) is 7.22. The molecule has 0 radical (unpaired) electrons. The van der Waals surface area contributed by atoms with E-state index in [-0.39, 0.29) is 11.5 Å². The van der Waals surface area contributed by atoms with Gasteiger partial charge in [0.2, 0.25) is 5.78 Å². The molecule has 2 N–H and O–H groups in total. The Kier molecular flexibility index (Phi) is 4.45. The van der Waals surface area contributed by atoms with Crippen molar-refractivity contribution in [1.82, 2.24) is 4.98 Å². The van der Waals surface area contributed by atoms with Crippen LogP contribution < -0.4 is 4.74 Å². The number of hydrogen-bond donors (Lipinski definition) is 2. The lowest BCUT2D eigenvalue weighted by Crippen LogP contribution is -2.02. The maximum Gasteiger partial charge on any atom is 0.209 e. The van der Waals surface area contributed by atoms with E-state index in [1.807, 2.05) is 66.7 Å². The molecule has 0 aliphatic rings. The van der Waals surface area contributed by atoms with Crippen LogP contribution in [0.15, 0.2) is 91.0 Å². The van der Waals surface area contributed by atoms with Gasteiger partial charge in [-0.2, -0.15) is 0 Å². The molecule has 4 nitrogen and oxygen atoms in total. The molecule has 0 spiro atoms. The van der Waals surface area contributed by atoms with Gasteiger partial charge in [-0.15, -0.1) is 0 Å². The number of fused-ring (bicyclic) bond motifs is 3. The third-order valence-electron chi connectivity index (χ3n) is 5.23. The smallest absolute Gasteiger partial charge is 0.209 e. The lowest BCUT2D eigenvalue weighted by Gasteiger charge is -2.09. The zero-order valence-corrected chi connectivity index (χ0v) is 16.1. The summed E-state index contributed by atoms with van der Waals surface area (Å²) in [7, 11) is 0. The normalized spacial score (nSPS) is 11.1. The third kappa shape index (κ3) is 3.29. The molecule has 0 saturated heterocycles. The number of ketones is 1. The SMILES string of the molecule is O=C(c1ccc(OCc2ccccc2)c(O)c1)c1cc2c(ccc3ccccc32)[nH]1. The van der Waals surface area contributed by atoms with E-state index < -0.39 is 0 Å². The quantitative estimate of drug-likeness (QED) is 0.369. The third-order valence-corrected chi connectivity index (χ3v) is 5.23. The molecular weight excluding hydrogens is 374 g/mol. The summed E-state index contributed by atoms with van der Waals surface area (Å²) in [5, 5.41) is 13.6. The number of phenolic OH excluding ortho intramolecular Hbond substituents is 1. The number of nitrogens with one attached hydrogen (secondary N) is 1. The van der Waals surface area contributed by atoms with Crippen molar-refractivity contribution in [3.05, 3.63) is 108 Å². The number of aromatic nitrogens is 1. The van der Waals surface area contributed by atoms with E-state index in [4.69, 9.17) is 4.74 Å². The standard InChI is InChI=1S/C26H19NO3/c28-24-14-19(11-13-25(24)30-16-17-6-2-1-3-7-17)26(29)23-15-21-20-9-5-4-8-18(20)10-12-22(21)27-23/h1-15,27-28H,16H2. The molecule has 1 aromatic heterocycles. The van der Waals surface area contributed by atoms with Crippen LogP contribution in [0, 0.1) is 0 Å². The molecule has 1 heterocycles. The molecule has 0 atom stereocenters. The van der Waals surface area contributed by atoms with Crippen LogP contribution in [0.1, 0.15) is 21.6 Å². The second-order valence-electron chi connectivity index (χ2n) is 7.22. The van der Waals surface area contributed by atoms with E-state index in [1.54, 1.807) is 12.1 Å². The summed E-state index contributed by atoms with van der Waals surface area (Å²) < 4.78 is 5.69. The molecule has 4 aromatic carbocycles. The van der Waals surface area contributed by atoms with Crippen molar-refractivity contribution >= 4 is 27.5 Å². The first-order valence-electron chi connectivity index (χ1n) is 9.74. The first kappa shape index (κ1) is 18.0. The summed E-state index contributed by atoms with van der Waals surface area (Å²) in [4.78, 5) is 16.2. The lowest BCUT2D eigenvalue weighted by molar-refractivity contribution is 0.103. The number of hydrogen-bond acceptors (Lipinski definition) is 3. The average Bonchev–Trinajstić information content (AvgIpc) is 3.23. The van der Waals surface area contributed by atoms with Gasteiger partial charge in [0, 0.05) is 16.5 Å². The van der Waals surface area contributed by atoms with Gasteiger partial charge in [0.25, 0.3) is 0 Å². The predicted octanol–water partition coefficient (Wildman–Crippen LogP) is 5.84. The van der Waals surface area contributed by atoms with E-state index in [9.17, 15) is 9.90 Å². The Hall–Kier alpha value is -4.05. The molecule has 30 heavy (non-hydrogen) atoms. The highest BCUT2D eigenvalue weighted by atomic mass is 16.5. The minimum atomic E-state index is -0.180. The molecule has 0 amide bonds. The van der Waals surface area contributed by atoms with Crippen LogP contribution in [0.4, 0.5) is 0 Å². The highest BCUT2D eigenvalue weighted by Gasteiger charge is 2.15. The Balaban J connectivity index is 1.42. The zero-order valence-electron chi connectivity index (χ0n) is 16.1. The van der Waals surface area contributed by atoms with E-state index in [1.165, 1.54) is 6.07 Å². The molecule has 0 saturated carbocycles. The van der Waals surface area contributed by atoms with Gasteiger partial charge in [-0.25, -0.2) is 0 Å². The fraction of sp³-hybridized carbons (Fsp3) is 0.0385. The second kappa shape index (κ2) is 7.41. The van der Waals surface area contributed by atoms with Crippen LogP contribution >= 0.6 is 0 Å². The number of benzene rings is 4. The summed E-state index contributed by atoms with van der Waals surface area (Å²) in [6, 6.07) is 28.4. The van der Waals surface area contributed by atoms with Gasteiger partial charge in [0.05, 0.1) is 5.69 Å². The molecule has 5 aromatic rings. The molecular formula is C26H19NO3. The first-order chi connectivity index (χ1) is 14.7. The van der Waals surface area contributed by atoms with Gasteiger partial charge < -0.3 is 14.8 Å². The largest absolute Gasteiger partial charge is 0.504 e. The summed E-state index contributed by atoms with van der Waals surface area (Å²) in [6.45, 7) is 0.344. The van der Waals surface area contributed by atoms with Crippen molar-refractivity contribution in [2.45, 2.75) is 6.61 Å². The first-order valence-corrected chi connectivity index (χ1v) is 9.74. The number of ether oxygens (including phenoxy) is 1. The fourth-order valence-electron chi connectivity index (χ4n) is 3.68. The van der Waals surface area contributed by atoms with Crippen LogP contribution in [0.2, 0.25) is 0 Å². The highest BCUT2D eigenvalue weighted by Crippen LogP contribution is 2.30. The number of phenols is 1. The molecule has 0 aliphatic heterocycles. The molecule has 0 fully saturated rings. The Labute approximate surface area is 173 Å². The summed E-state index contributed by atoms with van der Waals surface area (Å²) in [5.41, 5.74) is 2.79. The average molecular weight is 393 g/mol. The van der Waals surface area contributed by atoms with Gasteiger partial charge in [0.1, 0.15) is 6.61 Å². The zero-order chi connectivity index (χ0) is 20.5. The van der Waals surface area contributed by atoms with Crippen molar-refractivity contribution in [2.24, 2.45) is 0 Å². The lowest BCUT2D eigenvalue weighted by atomic mass is 10.1. The van der Waals surface area contributed by atoms with Crippen LogP contribution in [-0.2, 0) is 6.61 Å². The van der Waals surface area contributed by atoms with Crippen molar-refractivity contribution in [2.75, 3.05) is 0 Å². The van der Waals surface area contributed by atoms with Crippen LogP contribution in [0.5, 0.6) is 11.5 Å². The number of aromatic hydroxyl groups is 1. The molecule has 5 rings (SSSR count). The molecule has 146 valence electrons. The van der Waals surface area contributed by atoms with Gasteiger partial charge >= 0.3 is 0 Å². The molecule has 0 unspecified atom stereocenters. The summed E-state index contributed by atoms with van der Waals surface area (Å²) >= 11 is 0. The number of H-pyrrole nitrogens is 1. The molecule has 0 bridgehead atoms. The predicted molar refractivity (Wildman–Crippen MR) is 118 cm³/mol. The number of rotatable bonds is 5. The number of aromatic amines is 1. The minimum Gasteiger partial charge on any atom is -0.504 e. The van der Waals surface area contributed by atoms with Crippen molar-refractivity contribution in [1.29, 1.82) is 0 Å². The van der Waals surface area contributed by atoms with E-state index in [2.05, 4.69) is 11.1 Å². The van der Waals surface area contributed by atoms with E-state index in [0.717, 1.165) is 27.2 Å². The van der Waals surface area contributed by atoms with Gasteiger partial charge in [-0.1, -0.05) is 60.7 Å². The maximum atomic E-state index is 13.0. The highest BCUT2D eigenvalue weighted by molar-refractivity contribution is 6.14. The van der Waals surface area contributed by atoms with Crippen LogP contribution in [0.25, 0.3) is 21.7 Å². The Bertz CT molecular complexity index is 1370. The Morgan fingerprint density at radius 2 is 1.63 bits per heavy atom. The van der Waals surface area contributed by atoms with Gasteiger partial charge in [-0.3, -0.25) is 4.79 Å². The summed E-state index contributed by atoms with van der Waals surface area (Å²) in [5.74, 6) is 0.108. The molecule has 4 heteroatoms. The van der Waals surface area contributed by atoms with Crippen LogP contribution in [0.3, 0.4) is 0 Å². The Morgan fingerprint density at radius 3 is 2.47 bits per heavy atom. The van der Waals surface area contributed by atoms with E-state index in [0.29, 0.717) is 23.6 Å². The van der Waals surface area contributed by atoms with Crippen LogP contribution in [-0.4, -0.2) is 15.9 Å². The monoisotopic (exact) mass is 393 g/mol. The number of carbonyl (C=O) groups excluding carboxylic acids is 1. The summed E-state index contributed by atoms with van der Waals surface area (Å²) in [6.07, 6.45) is 0. The van der Waals surface area contributed by atoms with Gasteiger partial charge in [-0.05, 0) is 46.7 Å².